The van der Waals surface area contributed by atoms with Crippen molar-refractivity contribution >= 4 is 29.9 Å². The van der Waals surface area contributed by atoms with Crippen LogP contribution in [-0.4, -0.2) is 55.4 Å². The Morgan fingerprint density at radius 3 is 2.42 bits per heavy atom. The summed E-state index contributed by atoms with van der Waals surface area (Å²) in [5.41, 5.74) is 5.48. The molecule has 0 fully saturated rings. The number of aryl methyl sites for hydroxylation is 2. The van der Waals surface area contributed by atoms with E-state index in [1.807, 2.05) is 41.9 Å². The fourth-order valence-electron chi connectivity index (χ4n) is 3.85. The van der Waals surface area contributed by atoms with Crippen LogP contribution in [0.25, 0.3) is 5.69 Å². The maximum atomic E-state index is 5.57. The van der Waals surface area contributed by atoms with Gasteiger partial charge in [-0.3, -0.25) is 4.99 Å². The van der Waals surface area contributed by atoms with E-state index in [9.17, 15) is 0 Å². The Morgan fingerprint density at radius 2 is 1.79 bits per heavy atom. The van der Waals surface area contributed by atoms with Gasteiger partial charge in [0, 0.05) is 31.4 Å². The maximum absolute atomic E-state index is 5.57. The molecule has 33 heavy (non-hydrogen) atoms. The van der Waals surface area contributed by atoms with Gasteiger partial charge in [0.1, 0.15) is 5.75 Å². The molecule has 0 bridgehead atoms. The van der Waals surface area contributed by atoms with E-state index in [0.29, 0.717) is 13.1 Å². The number of methoxy groups -OCH3 is 1. The van der Waals surface area contributed by atoms with Crippen molar-refractivity contribution in [3.05, 3.63) is 77.1 Å². The molecule has 1 unspecified atom stereocenters. The summed E-state index contributed by atoms with van der Waals surface area (Å²) in [4.78, 5) is 6.59. The molecular formula is C25H35IN6O. The molecule has 2 aromatic carbocycles. The number of benzene rings is 2. The molecule has 0 saturated carbocycles. The zero-order valence-corrected chi connectivity index (χ0v) is 22.6. The number of likely N-dealkylation sites (N-methyl/N-ethyl adjacent to an activating group) is 1. The van der Waals surface area contributed by atoms with Crippen LogP contribution in [0.3, 0.4) is 0 Å². The summed E-state index contributed by atoms with van der Waals surface area (Å²) < 4.78 is 7.57. The number of halogens is 1. The van der Waals surface area contributed by atoms with E-state index in [0.717, 1.165) is 39.9 Å². The molecule has 0 saturated heterocycles. The molecule has 1 aromatic heterocycles. The molecule has 3 aromatic rings. The number of nitrogens with one attached hydrogen (secondary N) is 2. The van der Waals surface area contributed by atoms with E-state index in [1.165, 1.54) is 0 Å². The van der Waals surface area contributed by atoms with Gasteiger partial charge in [-0.2, -0.15) is 5.10 Å². The molecule has 0 aliphatic carbocycles. The zero-order chi connectivity index (χ0) is 23.1. The second-order valence-electron chi connectivity index (χ2n) is 8.00. The highest BCUT2D eigenvalue weighted by Gasteiger charge is 2.18. The third-order valence-electron chi connectivity index (χ3n) is 5.48. The first-order valence-corrected chi connectivity index (χ1v) is 10.8. The molecule has 2 N–H and O–H groups in total. The second-order valence-corrected chi connectivity index (χ2v) is 8.00. The fraction of sp³-hybridized carbons (Fsp3) is 0.360. The fourth-order valence-corrected chi connectivity index (χ4v) is 3.85. The first kappa shape index (κ1) is 26.7. The number of hydrogen-bond acceptors (Lipinski definition) is 4. The largest absolute Gasteiger partial charge is 0.496 e. The van der Waals surface area contributed by atoms with Gasteiger partial charge in [-0.1, -0.05) is 36.4 Å². The quantitative estimate of drug-likeness (QED) is 0.246. The predicted octanol–water partition coefficient (Wildman–Crippen LogP) is 4.08. The zero-order valence-electron chi connectivity index (χ0n) is 20.3. The number of rotatable bonds is 8. The van der Waals surface area contributed by atoms with Crippen LogP contribution in [0.1, 0.15) is 28.6 Å². The lowest BCUT2D eigenvalue weighted by Gasteiger charge is -2.27. The van der Waals surface area contributed by atoms with Crippen molar-refractivity contribution in [2.45, 2.75) is 26.4 Å². The Kier molecular flexibility index (Phi) is 10.2. The summed E-state index contributed by atoms with van der Waals surface area (Å²) in [5, 5.41) is 11.6. The molecule has 1 atom stereocenters. The second kappa shape index (κ2) is 12.6. The standard InChI is InChI=1S/C25H34N6O.HI/c1-18-15-19(2)31(29-18)22-13-9-7-11-20(22)16-27-25(26-3)28-17-23(30(4)5)21-12-8-10-14-24(21)32-6;/h7-15,23H,16-17H2,1-6H3,(H2,26,27,28);1H. The Bertz CT molecular complexity index is 1060. The third kappa shape index (κ3) is 6.70. The van der Waals surface area contributed by atoms with Crippen LogP contribution < -0.4 is 15.4 Å². The maximum Gasteiger partial charge on any atom is 0.191 e. The summed E-state index contributed by atoms with van der Waals surface area (Å²) >= 11 is 0. The Balaban J connectivity index is 0.00000385. The predicted molar refractivity (Wildman–Crippen MR) is 146 cm³/mol. The molecular weight excluding hydrogens is 527 g/mol. The first-order valence-electron chi connectivity index (χ1n) is 10.8. The average molecular weight is 563 g/mol. The molecule has 7 nitrogen and oxygen atoms in total. The molecule has 0 radical (unpaired) electrons. The molecule has 178 valence electrons. The minimum atomic E-state index is 0. The molecule has 0 aliphatic heterocycles. The van der Waals surface area contributed by atoms with Crippen molar-refractivity contribution in [1.82, 2.24) is 25.3 Å². The molecule has 8 heteroatoms. The highest BCUT2D eigenvalue weighted by molar-refractivity contribution is 14.0. The van der Waals surface area contributed by atoms with Gasteiger partial charge < -0.3 is 20.3 Å². The Morgan fingerprint density at radius 1 is 1.09 bits per heavy atom. The van der Waals surface area contributed by atoms with E-state index in [2.05, 4.69) is 70.9 Å². The van der Waals surface area contributed by atoms with Gasteiger partial charge in [0.25, 0.3) is 0 Å². The van der Waals surface area contributed by atoms with Crippen LogP contribution >= 0.6 is 24.0 Å². The van der Waals surface area contributed by atoms with Crippen LogP contribution in [0.5, 0.6) is 5.75 Å². The number of aliphatic imine (C=N–C) groups is 1. The molecule has 0 aliphatic rings. The van der Waals surface area contributed by atoms with Gasteiger partial charge in [-0.15, -0.1) is 24.0 Å². The van der Waals surface area contributed by atoms with Gasteiger partial charge in [0.05, 0.1) is 24.5 Å². The monoisotopic (exact) mass is 562 g/mol. The highest BCUT2D eigenvalue weighted by Crippen LogP contribution is 2.27. The van der Waals surface area contributed by atoms with Crippen molar-refractivity contribution in [3.63, 3.8) is 0 Å². The smallest absolute Gasteiger partial charge is 0.191 e. The van der Waals surface area contributed by atoms with E-state index in [1.54, 1.807) is 14.2 Å². The lowest BCUT2D eigenvalue weighted by atomic mass is 10.0. The van der Waals surface area contributed by atoms with Crippen molar-refractivity contribution in [2.75, 3.05) is 34.8 Å². The van der Waals surface area contributed by atoms with Crippen LogP contribution in [0.4, 0.5) is 0 Å². The first-order chi connectivity index (χ1) is 15.4. The average Bonchev–Trinajstić information content (AvgIpc) is 3.13. The SMILES string of the molecule is CN=C(NCc1ccccc1-n1nc(C)cc1C)NCC(c1ccccc1OC)N(C)C.I. The molecule has 1 heterocycles. The lowest BCUT2D eigenvalue weighted by Crippen LogP contribution is -2.41. The number of nitrogens with zero attached hydrogens (tertiary/aromatic N) is 4. The molecule has 3 rings (SSSR count). The van der Waals surface area contributed by atoms with Crippen molar-refractivity contribution in [2.24, 2.45) is 4.99 Å². The summed E-state index contributed by atoms with van der Waals surface area (Å²) in [5.74, 6) is 1.63. The van der Waals surface area contributed by atoms with Gasteiger partial charge in [0.2, 0.25) is 0 Å². The van der Waals surface area contributed by atoms with Gasteiger partial charge in [0.15, 0.2) is 5.96 Å². The topological polar surface area (TPSA) is 66.7 Å². The third-order valence-corrected chi connectivity index (χ3v) is 5.48. The summed E-state index contributed by atoms with van der Waals surface area (Å²) in [6, 6.07) is 18.6. The van der Waals surface area contributed by atoms with Crippen LogP contribution in [0, 0.1) is 13.8 Å². The van der Waals surface area contributed by atoms with Gasteiger partial charge in [-0.05, 0) is 51.7 Å². The number of hydrogen-bond donors (Lipinski definition) is 2. The van der Waals surface area contributed by atoms with Crippen LogP contribution in [-0.2, 0) is 6.54 Å². The Labute approximate surface area is 214 Å². The number of guanidine groups is 1. The molecule has 0 amide bonds. The van der Waals surface area contributed by atoms with Crippen LogP contribution in [0.2, 0.25) is 0 Å². The van der Waals surface area contributed by atoms with E-state index in [-0.39, 0.29) is 30.0 Å². The van der Waals surface area contributed by atoms with Crippen molar-refractivity contribution < 1.29 is 4.74 Å². The number of aromatic nitrogens is 2. The van der Waals surface area contributed by atoms with Crippen molar-refractivity contribution in [1.29, 1.82) is 0 Å². The number of para-hydroxylation sites is 2. The normalized spacial score (nSPS) is 12.3. The number of ether oxygens (including phenoxy) is 1. The van der Waals surface area contributed by atoms with Gasteiger partial charge in [-0.25, -0.2) is 4.68 Å². The van der Waals surface area contributed by atoms with Crippen molar-refractivity contribution in [3.8, 4) is 11.4 Å². The van der Waals surface area contributed by atoms with Gasteiger partial charge >= 0.3 is 0 Å². The minimum Gasteiger partial charge on any atom is -0.496 e. The highest BCUT2D eigenvalue weighted by atomic mass is 127. The Hall–Kier alpha value is -2.59. The summed E-state index contributed by atoms with van der Waals surface area (Å²) in [6.07, 6.45) is 0. The minimum absolute atomic E-state index is 0. The van der Waals surface area contributed by atoms with E-state index >= 15 is 0 Å². The summed E-state index contributed by atoms with van der Waals surface area (Å²) in [6.45, 7) is 5.41. The van der Waals surface area contributed by atoms with E-state index < -0.39 is 0 Å². The lowest BCUT2D eigenvalue weighted by molar-refractivity contribution is 0.287. The van der Waals surface area contributed by atoms with E-state index in [4.69, 9.17) is 4.74 Å². The summed E-state index contributed by atoms with van der Waals surface area (Å²) in [7, 11) is 7.63. The molecule has 0 spiro atoms. The van der Waals surface area contributed by atoms with Crippen LogP contribution in [0.15, 0.2) is 59.6 Å².